The van der Waals surface area contributed by atoms with Gasteiger partial charge < -0.3 is 4.43 Å². The largest absolute Gasteiger partial charge is 0.397 e. The Morgan fingerprint density at radius 1 is 1.31 bits per heavy atom. The zero-order valence-corrected chi connectivity index (χ0v) is 11.8. The lowest BCUT2D eigenvalue weighted by Gasteiger charge is -2.31. The highest BCUT2D eigenvalue weighted by atomic mass is 35.5. The van der Waals surface area contributed by atoms with Crippen LogP contribution in [0.5, 0.6) is 0 Å². The molecule has 1 rings (SSSR count). The zero-order valence-electron chi connectivity index (χ0n) is 10.0. The molecule has 0 bridgehead atoms. The second-order valence-electron chi connectivity index (χ2n) is 4.84. The van der Waals surface area contributed by atoms with Crippen molar-refractivity contribution in [2.45, 2.75) is 32.2 Å². The molecule has 0 aliphatic rings. The quantitative estimate of drug-likeness (QED) is 0.765. The van der Waals surface area contributed by atoms with Gasteiger partial charge in [-0.1, -0.05) is 29.8 Å². The molecule has 0 saturated carbocycles. The standard InChI is InChI=1S/C12H16ClNOSi/c1-12(9-14,15-16(2,3)4)10-7-5-6-8-11(10)13/h5-8H,1-4H3/t12-/m0/s1. The van der Waals surface area contributed by atoms with Gasteiger partial charge in [-0.05, 0) is 32.6 Å². The SMILES string of the molecule is C[C@@](C#N)(O[Si](C)(C)C)c1ccccc1Cl. The topological polar surface area (TPSA) is 33.0 Å². The highest BCUT2D eigenvalue weighted by Crippen LogP contribution is 2.33. The lowest BCUT2D eigenvalue weighted by atomic mass is 9.98. The Kier molecular flexibility index (Phi) is 3.79. The van der Waals surface area contributed by atoms with Crippen LogP contribution in [0.15, 0.2) is 24.3 Å². The maximum Gasteiger partial charge on any atom is 0.186 e. The van der Waals surface area contributed by atoms with Crippen LogP contribution >= 0.6 is 11.6 Å². The average molecular weight is 254 g/mol. The molecule has 1 aromatic rings. The summed E-state index contributed by atoms with van der Waals surface area (Å²) in [5, 5.41) is 9.89. The Morgan fingerprint density at radius 3 is 2.31 bits per heavy atom. The van der Waals surface area contributed by atoms with Crippen molar-refractivity contribution in [3.05, 3.63) is 34.9 Å². The summed E-state index contributed by atoms with van der Waals surface area (Å²) >= 11 is 6.10. The van der Waals surface area contributed by atoms with E-state index in [4.69, 9.17) is 16.0 Å². The Bertz CT molecular complexity index is 422. The molecule has 1 aromatic carbocycles. The molecule has 0 unspecified atom stereocenters. The predicted octanol–water partition coefficient (Wildman–Crippen LogP) is 3.93. The predicted molar refractivity (Wildman–Crippen MR) is 68.8 cm³/mol. The Balaban J connectivity index is 3.17. The summed E-state index contributed by atoms with van der Waals surface area (Å²) in [6.45, 7) is 7.94. The first-order valence-corrected chi connectivity index (χ1v) is 8.93. The summed E-state index contributed by atoms with van der Waals surface area (Å²) in [4.78, 5) is 0. The van der Waals surface area contributed by atoms with E-state index in [2.05, 4.69) is 25.7 Å². The summed E-state index contributed by atoms with van der Waals surface area (Å²) < 4.78 is 5.93. The van der Waals surface area contributed by atoms with Crippen LogP contribution in [0.3, 0.4) is 0 Å². The van der Waals surface area contributed by atoms with Crippen LogP contribution in [-0.4, -0.2) is 8.32 Å². The van der Waals surface area contributed by atoms with Crippen LogP contribution in [-0.2, 0) is 10.0 Å². The van der Waals surface area contributed by atoms with Gasteiger partial charge in [-0.2, -0.15) is 5.26 Å². The number of nitrogens with zero attached hydrogens (tertiary/aromatic N) is 1. The number of rotatable bonds is 3. The Labute approximate surface area is 103 Å². The molecule has 0 fully saturated rings. The van der Waals surface area contributed by atoms with E-state index in [-0.39, 0.29) is 0 Å². The molecule has 0 heterocycles. The van der Waals surface area contributed by atoms with Gasteiger partial charge in [0, 0.05) is 10.6 Å². The number of hydrogen-bond acceptors (Lipinski definition) is 2. The van der Waals surface area contributed by atoms with Crippen molar-refractivity contribution in [2.24, 2.45) is 0 Å². The fourth-order valence-electron chi connectivity index (χ4n) is 1.60. The molecule has 0 aromatic heterocycles. The highest BCUT2D eigenvalue weighted by molar-refractivity contribution is 6.69. The van der Waals surface area contributed by atoms with Gasteiger partial charge in [0.05, 0.1) is 0 Å². The van der Waals surface area contributed by atoms with Gasteiger partial charge in [0.2, 0.25) is 0 Å². The molecule has 4 heteroatoms. The minimum absolute atomic E-state index is 0.574. The summed E-state index contributed by atoms with van der Waals surface area (Å²) in [5.41, 5.74) is -0.218. The van der Waals surface area contributed by atoms with Crippen molar-refractivity contribution in [2.75, 3.05) is 0 Å². The van der Waals surface area contributed by atoms with E-state index in [0.717, 1.165) is 5.56 Å². The van der Waals surface area contributed by atoms with Crippen molar-refractivity contribution in [1.82, 2.24) is 0 Å². The molecule has 0 N–H and O–H groups in total. The van der Waals surface area contributed by atoms with Gasteiger partial charge in [-0.3, -0.25) is 0 Å². The van der Waals surface area contributed by atoms with E-state index < -0.39 is 13.9 Å². The van der Waals surface area contributed by atoms with Crippen LogP contribution in [0.1, 0.15) is 12.5 Å². The molecule has 0 saturated heterocycles. The van der Waals surface area contributed by atoms with E-state index >= 15 is 0 Å². The van der Waals surface area contributed by atoms with E-state index in [1.54, 1.807) is 13.0 Å². The zero-order chi connectivity index (χ0) is 12.4. The summed E-state index contributed by atoms with van der Waals surface area (Å²) in [6.07, 6.45) is 0. The minimum atomic E-state index is -1.80. The smallest absolute Gasteiger partial charge is 0.186 e. The second kappa shape index (κ2) is 4.58. The number of hydrogen-bond donors (Lipinski definition) is 0. The van der Waals surface area contributed by atoms with Crippen LogP contribution < -0.4 is 0 Å². The Morgan fingerprint density at radius 2 is 1.88 bits per heavy atom. The monoisotopic (exact) mass is 253 g/mol. The van der Waals surface area contributed by atoms with Gasteiger partial charge in [-0.15, -0.1) is 0 Å². The summed E-state index contributed by atoms with van der Waals surface area (Å²) in [7, 11) is -1.80. The van der Waals surface area contributed by atoms with Gasteiger partial charge in [0.1, 0.15) is 6.07 Å². The maximum atomic E-state index is 9.32. The third-order valence-corrected chi connectivity index (χ3v) is 3.46. The second-order valence-corrected chi connectivity index (χ2v) is 9.68. The maximum absolute atomic E-state index is 9.32. The third-order valence-electron chi connectivity index (χ3n) is 2.11. The van der Waals surface area contributed by atoms with Crippen LogP contribution in [0.4, 0.5) is 0 Å². The fourth-order valence-corrected chi connectivity index (χ4v) is 3.29. The molecule has 0 aliphatic heterocycles. The average Bonchev–Trinajstić information content (AvgIpc) is 2.15. The minimum Gasteiger partial charge on any atom is -0.397 e. The van der Waals surface area contributed by atoms with Crippen molar-refractivity contribution in [1.29, 1.82) is 5.26 Å². The van der Waals surface area contributed by atoms with Crippen molar-refractivity contribution >= 4 is 19.9 Å². The molecule has 0 amide bonds. The molecular formula is C12H16ClNOSi. The Hall–Kier alpha value is -0.823. The van der Waals surface area contributed by atoms with E-state index in [9.17, 15) is 5.26 Å². The summed E-state index contributed by atoms with van der Waals surface area (Å²) in [5.74, 6) is 0. The van der Waals surface area contributed by atoms with Gasteiger partial charge in [0.25, 0.3) is 0 Å². The van der Waals surface area contributed by atoms with Crippen LogP contribution in [0.25, 0.3) is 0 Å². The first-order valence-electron chi connectivity index (χ1n) is 5.15. The molecule has 1 atom stereocenters. The van der Waals surface area contributed by atoms with Crippen molar-refractivity contribution < 1.29 is 4.43 Å². The molecule has 0 spiro atoms. The van der Waals surface area contributed by atoms with Gasteiger partial charge >= 0.3 is 0 Å². The number of nitriles is 1. The third kappa shape index (κ3) is 3.08. The first kappa shape index (κ1) is 13.2. The molecule has 16 heavy (non-hydrogen) atoms. The van der Waals surface area contributed by atoms with Crippen LogP contribution in [0.2, 0.25) is 24.7 Å². The van der Waals surface area contributed by atoms with Gasteiger partial charge in [0.15, 0.2) is 13.9 Å². The lowest BCUT2D eigenvalue weighted by Crippen LogP contribution is -2.37. The van der Waals surface area contributed by atoms with E-state index in [1.807, 2.05) is 18.2 Å². The number of benzene rings is 1. The van der Waals surface area contributed by atoms with Crippen molar-refractivity contribution in [3.63, 3.8) is 0 Å². The number of halogens is 1. The van der Waals surface area contributed by atoms with Crippen molar-refractivity contribution in [3.8, 4) is 6.07 Å². The molecule has 2 nitrogen and oxygen atoms in total. The highest BCUT2D eigenvalue weighted by Gasteiger charge is 2.34. The normalized spacial score (nSPS) is 15.2. The fraction of sp³-hybridized carbons (Fsp3) is 0.417. The molecule has 0 radical (unpaired) electrons. The van der Waals surface area contributed by atoms with Gasteiger partial charge in [-0.25, -0.2) is 0 Å². The van der Waals surface area contributed by atoms with E-state index in [0.29, 0.717) is 5.02 Å². The molecular weight excluding hydrogens is 238 g/mol. The molecule has 0 aliphatic carbocycles. The summed E-state index contributed by atoms with van der Waals surface area (Å²) in [6, 6.07) is 9.55. The first-order chi connectivity index (χ1) is 7.28. The van der Waals surface area contributed by atoms with Crippen LogP contribution in [0, 0.1) is 11.3 Å². The van der Waals surface area contributed by atoms with E-state index in [1.165, 1.54) is 0 Å². The lowest BCUT2D eigenvalue weighted by molar-refractivity contribution is 0.141. The molecule has 86 valence electrons.